The summed E-state index contributed by atoms with van der Waals surface area (Å²) in [5.74, 6) is -0.337. The van der Waals surface area contributed by atoms with Crippen LogP contribution in [0.2, 0.25) is 5.02 Å². The molecular weight excluding hydrogens is 324 g/mol. The molecule has 0 unspecified atom stereocenters. The van der Waals surface area contributed by atoms with Crippen molar-refractivity contribution < 1.29 is 13.2 Å². The Bertz CT molecular complexity index is 787. The number of carbonyl (C=O) groups excluding carboxylic acids is 1. The molecule has 0 aliphatic heterocycles. The molecule has 0 aliphatic carbocycles. The van der Waals surface area contributed by atoms with Gasteiger partial charge in [0.1, 0.15) is 0 Å². The average Bonchev–Trinajstić information content (AvgIpc) is 2.48. The highest BCUT2D eigenvalue weighted by atomic mass is 35.5. The van der Waals surface area contributed by atoms with Gasteiger partial charge in [0.05, 0.1) is 4.90 Å². The predicted octanol–water partition coefficient (Wildman–Crippen LogP) is 2.84. The van der Waals surface area contributed by atoms with E-state index in [1.165, 1.54) is 26.2 Å². The zero-order valence-corrected chi connectivity index (χ0v) is 13.6. The molecule has 0 bridgehead atoms. The fraction of sp³-hybridized carbons (Fsp3) is 0.133. The minimum Gasteiger partial charge on any atom is -0.322 e. The van der Waals surface area contributed by atoms with Crippen molar-refractivity contribution in [2.24, 2.45) is 0 Å². The van der Waals surface area contributed by atoms with E-state index in [-0.39, 0.29) is 10.8 Å². The van der Waals surface area contributed by atoms with Crippen LogP contribution in [0.4, 0.5) is 5.69 Å². The standard InChI is InChI=1S/C15H15ClN2O3S/c1-18(2)22(20,21)14-5-3-4-13(10-14)17-15(19)11-6-8-12(16)9-7-11/h3-10H,1-2H3,(H,17,19). The van der Waals surface area contributed by atoms with Crippen LogP contribution in [0.1, 0.15) is 10.4 Å². The van der Waals surface area contributed by atoms with Crippen LogP contribution in [0.25, 0.3) is 0 Å². The van der Waals surface area contributed by atoms with E-state index in [1.54, 1.807) is 36.4 Å². The second kappa shape index (κ2) is 6.48. The molecular formula is C15H15ClN2O3S. The Labute approximate surface area is 134 Å². The van der Waals surface area contributed by atoms with Gasteiger partial charge in [0.25, 0.3) is 5.91 Å². The van der Waals surface area contributed by atoms with Gasteiger partial charge in [-0.05, 0) is 42.5 Å². The zero-order chi connectivity index (χ0) is 16.3. The van der Waals surface area contributed by atoms with Crippen molar-refractivity contribution in [3.8, 4) is 0 Å². The van der Waals surface area contributed by atoms with E-state index in [0.717, 1.165) is 4.31 Å². The Balaban J connectivity index is 2.24. The molecule has 1 amide bonds. The molecule has 2 aromatic carbocycles. The Morgan fingerprint density at radius 3 is 2.32 bits per heavy atom. The Morgan fingerprint density at radius 2 is 1.73 bits per heavy atom. The number of rotatable bonds is 4. The molecule has 0 radical (unpaired) electrons. The summed E-state index contributed by atoms with van der Waals surface area (Å²) < 4.78 is 25.3. The van der Waals surface area contributed by atoms with Gasteiger partial charge in [-0.2, -0.15) is 0 Å². The molecule has 0 saturated carbocycles. The minimum atomic E-state index is -3.54. The minimum absolute atomic E-state index is 0.117. The molecule has 0 aliphatic rings. The normalized spacial score (nSPS) is 11.5. The number of halogens is 1. The van der Waals surface area contributed by atoms with Crippen molar-refractivity contribution in [1.82, 2.24) is 4.31 Å². The number of hydrogen-bond acceptors (Lipinski definition) is 3. The summed E-state index contributed by atoms with van der Waals surface area (Å²) >= 11 is 5.77. The lowest BCUT2D eigenvalue weighted by molar-refractivity contribution is 0.102. The molecule has 0 fully saturated rings. The smallest absolute Gasteiger partial charge is 0.255 e. The van der Waals surface area contributed by atoms with E-state index in [2.05, 4.69) is 5.32 Å². The molecule has 22 heavy (non-hydrogen) atoms. The summed E-state index contributed by atoms with van der Waals surface area (Å²) in [6, 6.07) is 12.5. The lowest BCUT2D eigenvalue weighted by atomic mass is 10.2. The highest BCUT2D eigenvalue weighted by molar-refractivity contribution is 7.89. The van der Waals surface area contributed by atoms with E-state index >= 15 is 0 Å². The van der Waals surface area contributed by atoms with Gasteiger partial charge in [-0.1, -0.05) is 17.7 Å². The topological polar surface area (TPSA) is 66.5 Å². The van der Waals surface area contributed by atoms with Gasteiger partial charge in [-0.3, -0.25) is 4.79 Å². The SMILES string of the molecule is CN(C)S(=O)(=O)c1cccc(NC(=O)c2ccc(Cl)cc2)c1. The van der Waals surface area contributed by atoms with Crippen molar-refractivity contribution in [3.63, 3.8) is 0 Å². The first-order valence-corrected chi connectivity index (χ1v) is 8.22. The third kappa shape index (κ3) is 3.65. The molecule has 0 saturated heterocycles. The molecule has 0 aromatic heterocycles. The maximum absolute atomic E-state index is 12.1. The molecule has 5 nitrogen and oxygen atoms in total. The Kier molecular flexibility index (Phi) is 4.85. The van der Waals surface area contributed by atoms with Crippen molar-refractivity contribution in [1.29, 1.82) is 0 Å². The number of nitrogens with one attached hydrogen (secondary N) is 1. The van der Waals surface area contributed by atoms with Crippen molar-refractivity contribution in [2.45, 2.75) is 4.90 Å². The number of nitrogens with zero attached hydrogens (tertiary/aromatic N) is 1. The highest BCUT2D eigenvalue weighted by Gasteiger charge is 2.17. The van der Waals surface area contributed by atoms with E-state index in [0.29, 0.717) is 16.3 Å². The predicted molar refractivity (Wildman–Crippen MR) is 86.7 cm³/mol. The van der Waals surface area contributed by atoms with E-state index in [1.807, 2.05) is 0 Å². The molecule has 0 spiro atoms. The van der Waals surface area contributed by atoms with Crippen LogP contribution in [0.15, 0.2) is 53.4 Å². The van der Waals surface area contributed by atoms with Crippen molar-refractivity contribution in [2.75, 3.05) is 19.4 Å². The van der Waals surface area contributed by atoms with Crippen LogP contribution >= 0.6 is 11.6 Å². The second-order valence-corrected chi connectivity index (χ2v) is 7.36. The molecule has 7 heteroatoms. The molecule has 0 heterocycles. The number of hydrogen-bond donors (Lipinski definition) is 1. The average molecular weight is 339 g/mol. The summed E-state index contributed by atoms with van der Waals surface area (Å²) in [4.78, 5) is 12.2. The van der Waals surface area contributed by atoms with Crippen LogP contribution in [-0.2, 0) is 10.0 Å². The van der Waals surface area contributed by atoms with Crippen LogP contribution in [-0.4, -0.2) is 32.7 Å². The lowest BCUT2D eigenvalue weighted by Gasteiger charge is -2.12. The summed E-state index contributed by atoms with van der Waals surface area (Å²) in [7, 11) is -0.636. The summed E-state index contributed by atoms with van der Waals surface area (Å²) in [5, 5.41) is 3.20. The van der Waals surface area contributed by atoms with Gasteiger partial charge in [0, 0.05) is 30.4 Å². The highest BCUT2D eigenvalue weighted by Crippen LogP contribution is 2.19. The number of amides is 1. The quantitative estimate of drug-likeness (QED) is 0.932. The maximum atomic E-state index is 12.1. The van der Waals surface area contributed by atoms with Crippen LogP contribution in [0, 0.1) is 0 Å². The van der Waals surface area contributed by atoms with E-state index in [4.69, 9.17) is 11.6 Å². The van der Waals surface area contributed by atoms with Gasteiger partial charge < -0.3 is 5.32 Å². The van der Waals surface area contributed by atoms with Crippen LogP contribution in [0.3, 0.4) is 0 Å². The molecule has 116 valence electrons. The molecule has 2 rings (SSSR count). The lowest BCUT2D eigenvalue weighted by Crippen LogP contribution is -2.22. The summed E-state index contributed by atoms with van der Waals surface area (Å²) in [5.41, 5.74) is 0.841. The summed E-state index contributed by atoms with van der Waals surface area (Å²) in [6.07, 6.45) is 0. The van der Waals surface area contributed by atoms with Gasteiger partial charge in [-0.15, -0.1) is 0 Å². The molecule has 1 N–H and O–H groups in total. The fourth-order valence-corrected chi connectivity index (χ4v) is 2.82. The molecule has 2 aromatic rings. The largest absolute Gasteiger partial charge is 0.322 e. The Hall–Kier alpha value is -1.89. The first kappa shape index (κ1) is 16.5. The molecule has 0 atom stereocenters. The first-order valence-electron chi connectivity index (χ1n) is 6.40. The number of anilines is 1. The fourth-order valence-electron chi connectivity index (χ4n) is 1.75. The Morgan fingerprint density at radius 1 is 1.09 bits per heavy atom. The zero-order valence-electron chi connectivity index (χ0n) is 12.1. The third-order valence-corrected chi connectivity index (χ3v) is 5.04. The van der Waals surface area contributed by atoms with Gasteiger partial charge in [0.2, 0.25) is 10.0 Å². The van der Waals surface area contributed by atoms with Crippen LogP contribution in [0.5, 0.6) is 0 Å². The van der Waals surface area contributed by atoms with Crippen molar-refractivity contribution in [3.05, 3.63) is 59.1 Å². The van der Waals surface area contributed by atoms with E-state index in [9.17, 15) is 13.2 Å². The number of benzene rings is 2. The maximum Gasteiger partial charge on any atom is 0.255 e. The van der Waals surface area contributed by atoms with E-state index < -0.39 is 10.0 Å². The van der Waals surface area contributed by atoms with Gasteiger partial charge >= 0.3 is 0 Å². The third-order valence-electron chi connectivity index (χ3n) is 2.98. The second-order valence-electron chi connectivity index (χ2n) is 4.78. The number of carbonyl (C=O) groups is 1. The van der Waals surface area contributed by atoms with Crippen molar-refractivity contribution >= 4 is 33.2 Å². The van der Waals surface area contributed by atoms with Gasteiger partial charge in [-0.25, -0.2) is 12.7 Å². The van der Waals surface area contributed by atoms with Gasteiger partial charge in [0.15, 0.2) is 0 Å². The first-order chi connectivity index (χ1) is 10.3. The number of sulfonamides is 1. The monoisotopic (exact) mass is 338 g/mol. The van der Waals surface area contributed by atoms with Crippen LogP contribution < -0.4 is 5.32 Å². The summed E-state index contributed by atoms with van der Waals surface area (Å²) in [6.45, 7) is 0.